The zero-order chi connectivity index (χ0) is 9.10. The first-order valence-electron chi connectivity index (χ1n) is 4.58. The lowest BCUT2D eigenvalue weighted by atomic mass is 10.1. The maximum absolute atomic E-state index is 5.62. The van der Waals surface area contributed by atoms with Gasteiger partial charge in [0, 0.05) is 13.6 Å². The summed E-state index contributed by atoms with van der Waals surface area (Å²) in [6.07, 6.45) is 4.31. The van der Waals surface area contributed by atoms with E-state index in [1.807, 2.05) is 7.05 Å². The summed E-state index contributed by atoms with van der Waals surface area (Å²) < 4.78 is 7.26. The molecule has 1 N–H and O–H groups in total. The van der Waals surface area contributed by atoms with Crippen LogP contribution in [0.1, 0.15) is 12.8 Å². The first kappa shape index (κ1) is 8.50. The fourth-order valence-electron chi connectivity index (χ4n) is 1.47. The van der Waals surface area contributed by atoms with E-state index in [0.29, 0.717) is 5.88 Å². The molecule has 0 radical (unpaired) electrons. The molecule has 1 aromatic heterocycles. The second-order valence-corrected chi connectivity index (χ2v) is 3.32. The Morgan fingerprint density at radius 1 is 1.69 bits per heavy atom. The van der Waals surface area contributed by atoms with Crippen LogP contribution in [0.3, 0.4) is 0 Å². The molecule has 1 unspecified atom stereocenters. The van der Waals surface area contributed by atoms with Crippen LogP contribution in [-0.2, 0) is 7.05 Å². The molecule has 1 aliphatic rings. The second kappa shape index (κ2) is 3.74. The second-order valence-electron chi connectivity index (χ2n) is 3.32. The summed E-state index contributed by atoms with van der Waals surface area (Å²) in [5.41, 5.74) is 0. The highest BCUT2D eigenvalue weighted by Crippen LogP contribution is 2.10. The molecule has 2 heterocycles. The maximum atomic E-state index is 5.62. The summed E-state index contributed by atoms with van der Waals surface area (Å²) in [6.45, 7) is 2.01. The molecule has 0 aromatic carbocycles. The van der Waals surface area contributed by atoms with Crippen LogP contribution in [-0.4, -0.2) is 34.2 Å². The molecule has 0 aliphatic carbocycles. The zero-order valence-electron chi connectivity index (χ0n) is 7.73. The van der Waals surface area contributed by atoms with E-state index in [4.69, 9.17) is 4.74 Å². The minimum Gasteiger partial charge on any atom is -0.471 e. The number of nitrogens with one attached hydrogen (secondary N) is 1. The van der Waals surface area contributed by atoms with Crippen molar-refractivity contribution in [2.24, 2.45) is 7.05 Å². The number of ether oxygens (including phenoxy) is 1. The van der Waals surface area contributed by atoms with E-state index in [0.717, 1.165) is 19.5 Å². The van der Waals surface area contributed by atoms with Crippen molar-refractivity contribution in [3.05, 3.63) is 6.20 Å². The SMILES string of the molecule is Cn1cc(OC2CCCNC2)nn1. The lowest BCUT2D eigenvalue weighted by Gasteiger charge is -2.22. The predicted octanol–water partition coefficient (Wildman–Crippen LogP) is -0.0541. The van der Waals surface area contributed by atoms with Crippen molar-refractivity contribution < 1.29 is 4.74 Å². The smallest absolute Gasteiger partial charge is 0.253 e. The molecule has 0 bridgehead atoms. The van der Waals surface area contributed by atoms with Gasteiger partial charge in [-0.25, -0.2) is 0 Å². The third-order valence-corrected chi connectivity index (χ3v) is 2.12. The molecule has 13 heavy (non-hydrogen) atoms. The summed E-state index contributed by atoms with van der Waals surface area (Å²) in [7, 11) is 1.83. The third-order valence-electron chi connectivity index (χ3n) is 2.12. The van der Waals surface area contributed by atoms with Crippen molar-refractivity contribution >= 4 is 0 Å². The van der Waals surface area contributed by atoms with Crippen LogP contribution in [0.5, 0.6) is 5.88 Å². The molecule has 72 valence electrons. The molecular formula is C8H14N4O. The van der Waals surface area contributed by atoms with Gasteiger partial charge in [-0.15, -0.1) is 0 Å². The zero-order valence-corrected chi connectivity index (χ0v) is 7.73. The van der Waals surface area contributed by atoms with Crippen molar-refractivity contribution in [3.63, 3.8) is 0 Å². The number of rotatable bonds is 2. The number of aryl methyl sites for hydroxylation is 1. The largest absolute Gasteiger partial charge is 0.471 e. The maximum Gasteiger partial charge on any atom is 0.253 e. The molecule has 5 heteroatoms. The predicted molar refractivity (Wildman–Crippen MR) is 47.5 cm³/mol. The van der Waals surface area contributed by atoms with Gasteiger partial charge in [-0.1, -0.05) is 10.3 Å². The Kier molecular flexibility index (Phi) is 2.44. The van der Waals surface area contributed by atoms with Gasteiger partial charge in [0.05, 0.1) is 6.20 Å². The van der Waals surface area contributed by atoms with Crippen LogP contribution in [0.4, 0.5) is 0 Å². The Labute approximate surface area is 77.1 Å². The van der Waals surface area contributed by atoms with Crippen molar-refractivity contribution in [2.45, 2.75) is 18.9 Å². The molecule has 1 fully saturated rings. The van der Waals surface area contributed by atoms with Gasteiger partial charge in [-0.05, 0) is 19.4 Å². The van der Waals surface area contributed by atoms with E-state index in [9.17, 15) is 0 Å². The van der Waals surface area contributed by atoms with Crippen LogP contribution in [0.15, 0.2) is 6.20 Å². The molecule has 0 saturated carbocycles. The van der Waals surface area contributed by atoms with Crippen LogP contribution in [0.2, 0.25) is 0 Å². The van der Waals surface area contributed by atoms with E-state index >= 15 is 0 Å². The lowest BCUT2D eigenvalue weighted by Crippen LogP contribution is -2.37. The van der Waals surface area contributed by atoms with E-state index in [2.05, 4.69) is 15.6 Å². The summed E-state index contributed by atoms with van der Waals surface area (Å²) >= 11 is 0. The van der Waals surface area contributed by atoms with Gasteiger partial charge in [0.15, 0.2) is 0 Å². The molecule has 0 spiro atoms. The summed E-state index contributed by atoms with van der Waals surface area (Å²) in [4.78, 5) is 0. The van der Waals surface area contributed by atoms with E-state index < -0.39 is 0 Å². The fraction of sp³-hybridized carbons (Fsp3) is 0.750. The number of hydrogen-bond acceptors (Lipinski definition) is 4. The molecule has 0 amide bonds. The van der Waals surface area contributed by atoms with Gasteiger partial charge in [0.1, 0.15) is 6.10 Å². The number of piperidine rings is 1. The van der Waals surface area contributed by atoms with Gasteiger partial charge in [-0.2, -0.15) is 0 Å². The first-order valence-corrected chi connectivity index (χ1v) is 4.58. The van der Waals surface area contributed by atoms with Gasteiger partial charge in [0.2, 0.25) is 0 Å². The lowest BCUT2D eigenvalue weighted by molar-refractivity contribution is 0.160. The molecule has 2 rings (SSSR count). The normalized spacial score (nSPS) is 23.0. The van der Waals surface area contributed by atoms with Crippen molar-refractivity contribution in [1.82, 2.24) is 20.3 Å². The van der Waals surface area contributed by atoms with E-state index in [1.165, 1.54) is 6.42 Å². The van der Waals surface area contributed by atoms with Gasteiger partial charge in [-0.3, -0.25) is 4.68 Å². The van der Waals surface area contributed by atoms with E-state index in [1.54, 1.807) is 10.9 Å². The molecular weight excluding hydrogens is 168 g/mol. The van der Waals surface area contributed by atoms with Crippen LogP contribution < -0.4 is 10.1 Å². The Balaban J connectivity index is 1.89. The number of aromatic nitrogens is 3. The highest BCUT2D eigenvalue weighted by molar-refractivity contribution is 5.00. The Bertz CT molecular complexity index is 267. The molecule has 1 aromatic rings. The quantitative estimate of drug-likeness (QED) is 0.696. The average molecular weight is 182 g/mol. The fourth-order valence-corrected chi connectivity index (χ4v) is 1.47. The molecule has 1 saturated heterocycles. The molecule has 5 nitrogen and oxygen atoms in total. The standard InChI is InChI=1S/C8H14N4O/c1-12-6-8(10-11-12)13-7-3-2-4-9-5-7/h6-7,9H,2-5H2,1H3. The monoisotopic (exact) mass is 182 g/mol. The van der Waals surface area contributed by atoms with Gasteiger partial charge in [0.25, 0.3) is 5.88 Å². The average Bonchev–Trinajstić information content (AvgIpc) is 2.53. The van der Waals surface area contributed by atoms with Crippen LogP contribution in [0, 0.1) is 0 Å². The van der Waals surface area contributed by atoms with E-state index in [-0.39, 0.29) is 6.10 Å². The van der Waals surface area contributed by atoms with Crippen molar-refractivity contribution in [2.75, 3.05) is 13.1 Å². The molecule has 1 atom stereocenters. The minimum atomic E-state index is 0.255. The first-order chi connectivity index (χ1) is 6.34. The van der Waals surface area contributed by atoms with Crippen LogP contribution in [0.25, 0.3) is 0 Å². The highest BCUT2D eigenvalue weighted by Gasteiger charge is 2.15. The number of hydrogen-bond donors (Lipinski definition) is 1. The van der Waals surface area contributed by atoms with Gasteiger partial charge >= 0.3 is 0 Å². The van der Waals surface area contributed by atoms with Crippen LogP contribution >= 0.6 is 0 Å². The molecule has 1 aliphatic heterocycles. The third kappa shape index (κ3) is 2.18. The Hall–Kier alpha value is -1.10. The Morgan fingerprint density at radius 2 is 2.62 bits per heavy atom. The highest BCUT2D eigenvalue weighted by atomic mass is 16.5. The topological polar surface area (TPSA) is 52.0 Å². The Morgan fingerprint density at radius 3 is 3.23 bits per heavy atom. The van der Waals surface area contributed by atoms with Crippen molar-refractivity contribution in [1.29, 1.82) is 0 Å². The summed E-state index contributed by atoms with van der Waals surface area (Å²) in [5.74, 6) is 0.621. The van der Waals surface area contributed by atoms with Gasteiger partial charge < -0.3 is 10.1 Å². The minimum absolute atomic E-state index is 0.255. The number of nitrogens with zero attached hydrogens (tertiary/aromatic N) is 3. The van der Waals surface area contributed by atoms with Crippen molar-refractivity contribution in [3.8, 4) is 5.88 Å². The summed E-state index contributed by atoms with van der Waals surface area (Å²) in [6, 6.07) is 0. The summed E-state index contributed by atoms with van der Waals surface area (Å²) in [5, 5.41) is 11.0.